The van der Waals surface area contributed by atoms with Crippen LogP contribution < -0.4 is 5.56 Å². The first-order valence-corrected chi connectivity index (χ1v) is 9.14. The Kier molecular flexibility index (Phi) is 4.68. The Bertz CT molecular complexity index is 1170. The molecule has 6 nitrogen and oxygen atoms in total. The summed E-state index contributed by atoms with van der Waals surface area (Å²) < 4.78 is 9.15. The van der Waals surface area contributed by atoms with Gasteiger partial charge in [0.25, 0.3) is 5.56 Å². The molecule has 4 rings (SSSR count). The molecule has 0 fully saturated rings. The lowest BCUT2D eigenvalue weighted by Crippen LogP contribution is -2.23. The zero-order chi connectivity index (χ0) is 19.0. The molecule has 3 heterocycles. The topological polar surface area (TPSA) is 52.3 Å². The number of pyridine rings is 2. The number of aryl methyl sites for hydroxylation is 1. The van der Waals surface area contributed by atoms with E-state index in [4.69, 9.17) is 4.74 Å². The van der Waals surface area contributed by atoms with E-state index in [1.165, 1.54) is 0 Å². The van der Waals surface area contributed by atoms with Crippen molar-refractivity contribution in [1.82, 2.24) is 19.0 Å². The number of rotatable bonds is 6. The Morgan fingerprint density at radius 2 is 1.85 bits per heavy atom. The highest BCUT2D eigenvalue weighted by molar-refractivity contribution is 6.13. The van der Waals surface area contributed by atoms with Crippen molar-refractivity contribution < 1.29 is 4.74 Å². The van der Waals surface area contributed by atoms with Crippen LogP contribution in [0.5, 0.6) is 0 Å². The lowest BCUT2D eigenvalue weighted by atomic mass is 10.1. The van der Waals surface area contributed by atoms with Crippen LogP contribution in [0.4, 0.5) is 0 Å². The fourth-order valence-electron chi connectivity index (χ4n) is 3.77. The van der Waals surface area contributed by atoms with Gasteiger partial charge in [-0.1, -0.05) is 18.2 Å². The quantitative estimate of drug-likeness (QED) is 0.494. The molecule has 0 aliphatic rings. The third-order valence-corrected chi connectivity index (χ3v) is 4.98. The number of benzene rings is 1. The van der Waals surface area contributed by atoms with Crippen LogP contribution in [0.1, 0.15) is 6.42 Å². The van der Waals surface area contributed by atoms with Gasteiger partial charge in [0.15, 0.2) is 0 Å². The Hall–Kier alpha value is -2.70. The van der Waals surface area contributed by atoms with Crippen molar-refractivity contribution in [3.05, 3.63) is 53.1 Å². The summed E-state index contributed by atoms with van der Waals surface area (Å²) in [7, 11) is 5.76. The second-order valence-electron chi connectivity index (χ2n) is 7.12. The van der Waals surface area contributed by atoms with E-state index >= 15 is 0 Å². The van der Waals surface area contributed by atoms with Crippen molar-refractivity contribution in [2.24, 2.45) is 0 Å². The van der Waals surface area contributed by atoms with Crippen molar-refractivity contribution in [2.45, 2.75) is 19.7 Å². The fraction of sp³-hybridized carbons (Fsp3) is 0.333. The molecule has 0 saturated carbocycles. The summed E-state index contributed by atoms with van der Waals surface area (Å²) in [4.78, 5) is 20.1. The fourth-order valence-corrected chi connectivity index (χ4v) is 3.77. The van der Waals surface area contributed by atoms with E-state index < -0.39 is 0 Å². The van der Waals surface area contributed by atoms with E-state index in [2.05, 4.69) is 9.88 Å². The first-order chi connectivity index (χ1) is 13.1. The Morgan fingerprint density at radius 1 is 1.07 bits per heavy atom. The van der Waals surface area contributed by atoms with E-state index in [0.717, 1.165) is 45.7 Å². The van der Waals surface area contributed by atoms with Gasteiger partial charge in [0.1, 0.15) is 12.4 Å². The normalized spacial score (nSPS) is 12.0. The maximum atomic E-state index is 13.3. The van der Waals surface area contributed by atoms with Crippen LogP contribution in [0.25, 0.3) is 32.7 Å². The standard InChI is InChI=1S/C21H24N4O2/c1-23(2)10-6-11-25-19-17-9-12-24(14-27-3)20(17)22-13-18(19)15-7-4-5-8-16(15)21(25)26/h4-5,7-9,12-13H,6,10-11,14H2,1-3H3. The lowest BCUT2D eigenvalue weighted by molar-refractivity contribution is 0.134. The summed E-state index contributed by atoms with van der Waals surface area (Å²) in [5.41, 5.74) is 1.85. The molecule has 0 N–H and O–H groups in total. The van der Waals surface area contributed by atoms with Gasteiger partial charge >= 0.3 is 0 Å². The highest BCUT2D eigenvalue weighted by Crippen LogP contribution is 2.29. The Labute approximate surface area is 157 Å². The minimum atomic E-state index is 0.0591. The highest BCUT2D eigenvalue weighted by atomic mass is 16.5. The van der Waals surface area contributed by atoms with E-state index in [0.29, 0.717) is 13.3 Å². The third kappa shape index (κ3) is 3.01. The summed E-state index contributed by atoms with van der Waals surface area (Å²) in [5.74, 6) is 0. The summed E-state index contributed by atoms with van der Waals surface area (Å²) in [6, 6.07) is 9.82. The number of hydrogen-bond acceptors (Lipinski definition) is 4. The molecule has 0 saturated heterocycles. The second kappa shape index (κ2) is 7.13. The summed E-state index contributed by atoms with van der Waals surface area (Å²) >= 11 is 0. The number of aromatic nitrogens is 3. The summed E-state index contributed by atoms with van der Waals surface area (Å²) in [5, 5.41) is 3.69. The molecule has 3 aromatic heterocycles. The molecule has 0 atom stereocenters. The molecular weight excluding hydrogens is 340 g/mol. The molecule has 0 bridgehead atoms. The zero-order valence-corrected chi connectivity index (χ0v) is 16.0. The van der Waals surface area contributed by atoms with Crippen LogP contribution in [-0.4, -0.2) is 46.8 Å². The molecule has 0 spiro atoms. The first kappa shape index (κ1) is 17.7. The highest BCUT2D eigenvalue weighted by Gasteiger charge is 2.15. The van der Waals surface area contributed by atoms with Crippen molar-refractivity contribution in [2.75, 3.05) is 27.7 Å². The first-order valence-electron chi connectivity index (χ1n) is 9.14. The maximum Gasteiger partial charge on any atom is 0.258 e. The number of hydrogen-bond donors (Lipinski definition) is 0. The monoisotopic (exact) mass is 364 g/mol. The van der Waals surface area contributed by atoms with Crippen LogP contribution in [-0.2, 0) is 18.0 Å². The van der Waals surface area contributed by atoms with E-state index in [1.807, 2.05) is 66.0 Å². The molecule has 0 amide bonds. The Balaban J connectivity index is 2.04. The number of methoxy groups -OCH3 is 1. The molecule has 0 aliphatic carbocycles. The molecule has 0 radical (unpaired) electrons. The number of nitrogens with zero attached hydrogens (tertiary/aromatic N) is 4. The van der Waals surface area contributed by atoms with Crippen molar-refractivity contribution in [3.8, 4) is 0 Å². The minimum absolute atomic E-state index is 0.0591. The molecule has 0 aliphatic heterocycles. The second-order valence-corrected chi connectivity index (χ2v) is 7.12. The van der Waals surface area contributed by atoms with E-state index in [1.54, 1.807) is 7.11 Å². The van der Waals surface area contributed by atoms with Crippen molar-refractivity contribution in [1.29, 1.82) is 0 Å². The van der Waals surface area contributed by atoms with Gasteiger partial charge < -0.3 is 18.8 Å². The summed E-state index contributed by atoms with van der Waals surface area (Å²) in [6.07, 6.45) is 4.75. The zero-order valence-electron chi connectivity index (χ0n) is 16.0. The molecule has 0 unspecified atom stereocenters. The van der Waals surface area contributed by atoms with E-state index in [-0.39, 0.29) is 5.56 Å². The predicted molar refractivity (Wildman–Crippen MR) is 109 cm³/mol. The van der Waals surface area contributed by atoms with Crippen LogP contribution >= 0.6 is 0 Å². The molecular formula is C21H24N4O2. The van der Waals surface area contributed by atoms with Crippen LogP contribution in [0.2, 0.25) is 0 Å². The SMILES string of the molecule is COCn1ccc2c1ncc1c3ccccc3c(=O)n(CCCN(C)C)c12. The van der Waals surface area contributed by atoms with Gasteiger partial charge in [-0.2, -0.15) is 0 Å². The lowest BCUT2D eigenvalue weighted by Gasteiger charge is -2.15. The number of ether oxygens (including phenoxy) is 1. The molecule has 1 aromatic carbocycles. The third-order valence-electron chi connectivity index (χ3n) is 4.98. The average molecular weight is 364 g/mol. The predicted octanol–water partition coefficient (Wildman–Crippen LogP) is 3.06. The van der Waals surface area contributed by atoms with Crippen LogP contribution in [0, 0.1) is 0 Å². The molecule has 27 heavy (non-hydrogen) atoms. The average Bonchev–Trinajstić information content (AvgIpc) is 3.07. The molecule has 140 valence electrons. The molecule has 6 heteroatoms. The largest absolute Gasteiger partial charge is 0.364 e. The maximum absolute atomic E-state index is 13.3. The number of fused-ring (bicyclic) bond motifs is 5. The van der Waals surface area contributed by atoms with Gasteiger partial charge in [-0.25, -0.2) is 4.98 Å². The van der Waals surface area contributed by atoms with Gasteiger partial charge in [0.2, 0.25) is 0 Å². The van der Waals surface area contributed by atoms with Gasteiger partial charge in [-0.15, -0.1) is 0 Å². The summed E-state index contributed by atoms with van der Waals surface area (Å²) in [6.45, 7) is 2.03. The minimum Gasteiger partial charge on any atom is -0.364 e. The van der Waals surface area contributed by atoms with Gasteiger partial charge in [-0.05, 0) is 44.6 Å². The smallest absolute Gasteiger partial charge is 0.258 e. The van der Waals surface area contributed by atoms with Crippen molar-refractivity contribution in [3.63, 3.8) is 0 Å². The van der Waals surface area contributed by atoms with Crippen molar-refractivity contribution >= 4 is 32.7 Å². The van der Waals surface area contributed by atoms with Gasteiger partial charge in [0, 0.05) is 42.2 Å². The van der Waals surface area contributed by atoms with Gasteiger partial charge in [-0.3, -0.25) is 4.79 Å². The van der Waals surface area contributed by atoms with Crippen LogP contribution in [0.3, 0.4) is 0 Å². The van der Waals surface area contributed by atoms with Gasteiger partial charge in [0.05, 0.1) is 5.52 Å². The van der Waals surface area contributed by atoms with Crippen LogP contribution in [0.15, 0.2) is 47.5 Å². The van der Waals surface area contributed by atoms with E-state index in [9.17, 15) is 4.79 Å². The Morgan fingerprint density at radius 3 is 2.59 bits per heavy atom. The molecule has 4 aromatic rings.